The van der Waals surface area contributed by atoms with Crippen molar-refractivity contribution in [3.05, 3.63) is 89.5 Å². The molecule has 3 aromatic carbocycles. The third kappa shape index (κ3) is 4.84. The largest absolute Gasteiger partial charge is 0.493 e. The second kappa shape index (κ2) is 9.70. The summed E-state index contributed by atoms with van der Waals surface area (Å²) >= 11 is 0. The molecule has 0 spiro atoms. The van der Waals surface area contributed by atoms with Crippen molar-refractivity contribution in [1.29, 1.82) is 0 Å². The highest BCUT2D eigenvalue weighted by atomic mass is 32.2. The zero-order chi connectivity index (χ0) is 23.3. The molecule has 32 heavy (non-hydrogen) atoms. The Morgan fingerprint density at radius 2 is 1.56 bits per heavy atom. The van der Waals surface area contributed by atoms with Crippen molar-refractivity contribution in [3.63, 3.8) is 0 Å². The van der Waals surface area contributed by atoms with Crippen molar-refractivity contribution < 1.29 is 22.7 Å². The number of sulfonamides is 1. The highest BCUT2D eigenvalue weighted by molar-refractivity contribution is 7.93. The maximum atomic E-state index is 13.5. The molecule has 0 heterocycles. The van der Waals surface area contributed by atoms with E-state index in [0.29, 0.717) is 28.3 Å². The molecule has 3 aromatic rings. The summed E-state index contributed by atoms with van der Waals surface area (Å²) in [6, 6.07) is 18.4. The van der Waals surface area contributed by atoms with Crippen molar-refractivity contribution in [2.75, 3.05) is 18.5 Å². The van der Waals surface area contributed by atoms with Gasteiger partial charge in [-0.3, -0.25) is 4.79 Å². The monoisotopic (exact) mass is 451 g/mol. The Kier molecular flexibility index (Phi) is 7.00. The molecule has 1 amide bonds. The maximum absolute atomic E-state index is 13.5. The number of amides is 1. The van der Waals surface area contributed by atoms with Crippen LogP contribution in [0.2, 0.25) is 0 Å². The Balaban J connectivity index is 2.07. The quantitative estimate of drug-likeness (QED) is 0.485. The molecular weight excluding hydrogens is 426 g/mol. The van der Waals surface area contributed by atoms with Gasteiger partial charge in [0.15, 0.2) is 11.5 Å². The molecule has 166 valence electrons. The fourth-order valence-corrected chi connectivity index (χ4v) is 4.66. The zero-order valence-electron chi connectivity index (χ0n) is 18.4. The van der Waals surface area contributed by atoms with Gasteiger partial charge in [0.1, 0.15) is 0 Å². The number of hydrogen-bond acceptors (Lipinski definition) is 5. The molecule has 0 bridgehead atoms. The summed E-state index contributed by atoms with van der Waals surface area (Å²) in [6.45, 7) is 3.62. The van der Waals surface area contributed by atoms with E-state index in [4.69, 9.17) is 9.47 Å². The third-order valence-electron chi connectivity index (χ3n) is 4.89. The van der Waals surface area contributed by atoms with Crippen molar-refractivity contribution >= 4 is 27.7 Å². The minimum absolute atomic E-state index is 0.0359. The van der Waals surface area contributed by atoms with E-state index >= 15 is 0 Å². The second-order valence-electron chi connectivity index (χ2n) is 7.16. The third-order valence-corrected chi connectivity index (χ3v) is 6.62. The van der Waals surface area contributed by atoms with E-state index < -0.39 is 15.9 Å². The molecule has 0 saturated heterocycles. The van der Waals surface area contributed by atoms with Crippen LogP contribution in [-0.4, -0.2) is 28.5 Å². The van der Waals surface area contributed by atoms with Gasteiger partial charge in [-0.05, 0) is 66.9 Å². The van der Waals surface area contributed by atoms with E-state index in [1.54, 1.807) is 61.5 Å². The lowest BCUT2D eigenvalue weighted by molar-refractivity contribution is -0.113. The Hall–Kier alpha value is -3.58. The summed E-state index contributed by atoms with van der Waals surface area (Å²) in [6.07, 6.45) is 2.78. The van der Waals surface area contributed by atoms with Crippen LogP contribution in [0.4, 0.5) is 5.69 Å². The SMILES string of the molecule is COc1ccc(/C=C/C(=O)N(c2cc(C)ccc2C)S(=O)(=O)c2ccccc2)cc1OC. The molecule has 0 aliphatic carbocycles. The van der Waals surface area contributed by atoms with Crippen LogP contribution in [0.25, 0.3) is 6.08 Å². The first-order valence-electron chi connectivity index (χ1n) is 9.89. The molecule has 7 heteroatoms. The predicted molar refractivity (Wildman–Crippen MR) is 126 cm³/mol. The average molecular weight is 452 g/mol. The number of aryl methyl sites for hydroxylation is 2. The number of anilines is 1. The first-order valence-corrected chi connectivity index (χ1v) is 11.3. The fraction of sp³-hybridized carbons (Fsp3) is 0.160. The second-order valence-corrected chi connectivity index (χ2v) is 8.95. The minimum Gasteiger partial charge on any atom is -0.493 e. The van der Waals surface area contributed by atoms with E-state index in [9.17, 15) is 13.2 Å². The Morgan fingerprint density at radius 3 is 2.22 bits per heavy atom. The molecule has 0 unspecified atom stereocenters. The molecular formula is C25H25NO5S. The van der Waals surface area contributed by atoms with Crippen LogP contribution in [0.1, 0.15) is 16.7 Å². The van der Waals surface area contributed by atoms with Crippen LogP contribution in [0.5, 0.6) is 11.5 Å². The molecule has 0 aliphatic rings. The van der Waals surface area contributed by atoms with E-state index in [-0.39, 0.29) is 4.90 Å². The van der Waals surface area contributed by atoms with E-state index in [2.05, 4.69) is 0 Å². The van der Waals surface area contributed by atoms with Gasteiger partial charge in [-0.2, -0.15) is 4.31 Å². The Bertz CT molecular complexity index is 1250. The van der Waals surface area contributed by atoms with Crippen molar-refractivity contribution in [2.24, 2.45) is 0 Å². The predicted octanol–water partition coefficient (Wildman–Crippen LogP) is 4.76. The number of methoxy groups -OCH3 is 2. The first-order chi connectivity index (χ1) is 15.3. The molecule has 0 fully saturated rings. The molecule has 0 aromatic heterocycles. The van der Waals surface area contributed by atoms with Gasteiger partial charge in [0, 0.05) is 6.08 Å². The van der Waals surface area contributed by atoms with E-state index in [1.165, 1.54) is 32.4 Å². The number of hydrogen-bond donors (Lipinski definition) is 0. The highest BCUT2D eigenvalue weighted by Gasteiger charge is 2.30. The Morgan fingerprint density at radius 1 is 0.875 bits per heavy atom. The summed E-state index contributed by atoms with van der Waals surface area (Å²) in [4.78, 5) is 13.3. The number of carbonyl (C=O) groups excluding carboxylic acids is 1. The van der Waals surface area contributed by atoms with Gasteiger partial charge >= 0.3 is 0 Å². The molecule has 6 nitrogen and oxygen atoms in total. The number of benzene rings is 3. The van der Waals surface area contributed by atoms with E-state index in [1.807, 2.05) is 13.0 Å². The van der Waals surface area contributed by atoms with Crippen LogP contribution in [0, 0.1) is 13.8 Å². The smallest absolute Gasteiger partial charge is 0.271 e. The number of nitrogens with zero attached hydrogens (tertiary/aromatic N) is 1. The van der Waals surface area contributed by atoms with Crippen LogP contribution >= 0.6 is 0 Å². The standard InChI is InChI=1S/C25H25NO5S/c1-18-10-11-19(2)22(16-18)26(32(28,29)21-8-6-5-7-9-21)25(27)15-13-20-12-14-23(30-3)24(17-20)31-4/h5-17H,1-4H3/b15-13+. The summed E-state index contributed by atoms with van der Waals surface area (Å²) in [5.41, 5.74) is 2.49. The van der Waals surface area contributed by atoms with Gasteiger partial charge in [-0.15, -0.1) is 0 Å². The van der Waals surface area contributed by atoms with Crippen molar-refractivity contribution in [1.82, 2.24) is 0 Å². The van der Waals surface area contributed by atoms with Crippen LogP contribution in [0.15, 0.2) is 77.7 Å². The van der Waals surface area contributed by atoms with Gasteiger partial charge in [0.25, 0.3) is 15.9 Å². The van der Waals surface area contributed by atoms with Gasteiger partial charge in [-0.25, -0.2) is 8.42 Å². The van der Waals surface area contributed by atoms with Crippen LogP contribution < -0.4 is 13.8 Å². The highest BCUT2D eigenvalue weighted by Crippen LogP contribution is 2.30. The number of rotatable bonds is 7. The molecule has 0 saturated carbocycles. The van der Waals surface area contributed by atoms with E-state index in [0.717, 1.165) is 9.87 Å². The van der Waals surface area contributed by atoms with Crippen molar-refractivity contribution in [2.45, 2.75) is 18.7 Å². The topological polar surface area (TPSA) is 72.9 Å². The molecule has 0 radical (unpaired) electrons. The lowest BCUT2D eigenvalue weighted by atomic mass is 10.1. The average Bonchev–Trinajstić information content (AvgIpc) is 2.80. The van der Waals surface area contributed by atoms with Gasteiger partial charge in [0.2, 0.25) is 0 Å². The summed E-state index contributed by atoms with van der Waals surface area (Å²) in [5.74, 6) is 0.377. The minimum atomic E-state index is -4.13. The lowest BCUT2D eigenvalue weighted by Gasteiger charge is -2.23. The summed E-state index contributed by atoms with van der Waals surface area (Å²) in [7, 11) is -1.08. The zero-order valence-corrected chi connectivity index (χ0v) is 19.2. The molecule has 0 N–H and O–H groups in total. The van der Waals surface area contributed by atoms with Crippen LogP contribution in [0.3, 0.4) is 0 Å². The van der Waals surface area contributed by atoms with Crippen molar-refractivity contribution in [3.8, 4) is 11.5 Å². The maximum Gasteiger partial charge on any atom is 0.271 e. The number of ether oxygens (including phenoxy) is 2. The first kappa shape index (κ1) is 23.1. The van der Waals surface area contributed by atoms with Gasteiger partial charge in [-0.1, -0.05) is 36.4 Å². The molecule has 0 atom stereocenters. The summed E-state index contributed by atoms with van der Waals surface area (Å²) < 4.78 is 38.3. The summed E-state index contributed by atoms with van der Waals surface area (Å²) in [5, 5.41) is 0. The number of carbonyl (C=O) groups is 1. The molecule has 0 aliphatic heterocycles. The van der Waals surface area contributed by atoms with Gasteiger partial charge < -0.3 is 9.47 Å². The fourth-order valence-electron chi connectivity index (χ4n) is 3.19. The molecule has 3 rings (SSSR count). The lowest BCUT2D eigenvalue weighted by Crippen LogP contribution is -2.36. The van der Waals surface area contributed by atoms with Crippen LogP contribution in [-0.2, 0) is 14.8 Å². The normalized spacial score (nSPS) is 11.4. The van der Waals surface area contributed by atoms with Gasteiger partial charge in [0.05, 0.1) is 24.8 Å². The Labute approximate surface area is 188 Å².